The lowest BCUT2D eigenvalue weighted by Gasteiger charge is -2.13. The molecule has 1 amide bonds. The molecule has 1 heterocycles. The molecule has 0 spiro atoms. The van der Waals surface area contributed by atoms with Crippen molar-refractivity contribution in [3.05, 3.63) is 0 Å². The third kappa shape index (κ3) is 2.48. The molecule has 70 valence electrons. The van der Waals surface area contributed by atoms with E-state index in [1.165, 1.54) is 4.90 Å². The lowest BCUT2D eigenvalue weighted by atomic mass is 10.1. The number of aliphatic carboxylic acids is 1. The quantitative estimate of drug-likeness (QED) is 0.621. The maximum Gasteiger partial charge on any atom is 0.305 e. The van der Waals surface area contributed by atoms with E-state index in [1.807, 2.05) is 0 Å². The largest absolute Gasteiger partial charge is 0.481 e. The van der Waals surface area contributed by atoms with Crippen LogP contribution in [0.3, 0.4) is 0 Å². The summed E-state index contributed by atoms with van der Waals surface area (Å²) < 4.78 is 0. The Morgan fingerprint density at radius 1 is 1.77 bits per heavy atom. The van der Waals surface area contributed by atoms with Gasteiger partial charge in [-0.1, -0.05) is 0 Å². The lowest BCUT2D eigenvalue weighted by Crippen LogP contribution is -2.27. The van der Waals surface area contributed by atoms with E-state index >= 15 is 0 Å². The predicted octanol–water partition coefficient (Wildman–Crippen LogP) is -0.0572. The topological polar surface area (TPSA) is 57.6 Å². The van der Waals surface area contributed by atoms with Crippen LogP contribution in [-0.2, 0) is 9.59 Å². The molecule has 13 heavy (non-hydrogen) atoms. The number of carbonyl (C=O) groups is 2. The molecule has 1 atom stereocenters. The highest BCUT2D eigenvalue weighted by molar-refractivity contribution is 5.79. The van der Waals surface area contributed by atoms with Gasteiger partial charge in [-0.3, -0.25) is 9.59 Å². The Kier molecular flexibility index (Phi) is 2.91. The van der Waals surface area contributed by atoms with E-state index in [2.05, 4.69) is 5.92 Å². The smallest absolute Gasteiger partial charge is 0.305 e. The zero-order valence-corrected chi connectivity index (χ0v) is 7.19. The minimum absolute atomic E-state index is 0.0109. The third-order valence-electron chi connectivity index (χ3n) is 2.05. The van der Waals surface area contributed by atoms with Crippen LogP contribution in [0.1, 0.15) is 12.8 Å². The van der Waals surface area contributed by atoms with Crippen molar-refractivity contribution >= 4 is 11.9 Å². The first-order chi connectivity index (χ1) is 6.13. The minimum Gasteiger partial charge on any atom is -0.481 e. The molecule has 1 saturated heterocycles. The molecule has 0 aromatic carbocycles. The van der Waals surface area contributed by atoms with E-state index in [1.54, 1.807) is 0 Å². The number of carboxylic acids is 1. The van der Waals surface area contributed by atoms with Crippen LogP contribution in [-0.4, -0.2) is 35.0 Å². The van der Waals surface area contributed by atoms with Gasteiger partial charge >= 0.3 is 5.97 Å². The SMILES string of the molecule is C#CC1CC(=O)N(CCC(=O)O)C1. The van der Waals surface area contributed by atoms with Crippen LogP contribution in [0.5, 0.6) is 0 Å². The zero-order valence-electron chi connectivity index (χ0n) is 7.19. The van der Waals surface area contributed by atoms with Gasteiger partial charge in [-0.2, -0.15) is 0 Å². The Bertz CT molecular complexity index is 267. The Morgan fingerprint density at radius 2 is 2.46 bits per heavy atom. The van der Waals surface area contributed by atoms with Crippen LogP contribution in [0.4, 0.5) is 0 Å². The Balaban J connectivity index is 2.40. The van der Waals surface area contributed by atoms with Gasteiger partial charge in [0.1, 0.15) is 0 Å². The molecule has 1 N–H and O–H groups in total. The number of hydrogen-bond donors (Lipinski definition) is 1. The summed E-state index contributed by atoms with van der Waals surface area (Å²) in [5.41, 5.74) is 0. The van der Waals surface area contributed by atoms with Crippen molar-refractivity contribution in [2.24, 2.45) is 5.92 Å². The van der Waals surface area contributed by atoms with Gasteiger partial charge in [-0.05, 0) is 0 Å². The van der Waals surface area contributed by atoms with Crippen molar-refractivity contribution in [2.75, 3.05) is 13.1 Å². The molecule has 1 rings (SSSR count). The summed E-state index contributed by atoms with van der Waals surface area (Å²) in [7, 11) is 0. The van der Waals surface area contributed by atoms with Crippen molar-refractivity contribution < 1.29 is 14.7 Å². The van der Waals surface area contributed by atoms with Gasteiger partial charge < -0.3 is 10.0 Å². The van der Waals surface area contributed by atoms with Gasteiger partial charge in [0.2, 0.25) is 5.91 Å². The van der Waals surface area contributed by atoms with Crippen molar-refractivity contribution in [3.8, 4) is 12.3 Å². The highest BCUT2D eigenvalue weighted by atomic mass is 16.4. The summed E-state index contributed by atoms with van der Waals surface area (Å²) in [6.07, 6.45) is 5.52. The van der Waals surface area contributed by atoms with Gasteiger partial charge in [-0.15, -0.1) is 12.3 Å². The summed E-state index contributed by atoms with van der Waals surface area (Å²) in [4.78, 5) is 22.9. The maximum atomic E-state index is 11.2. The first-order valence-electron chi connectivity index (χ1n) is 4.09. The zero-order chi connectivity index (χ0) is 9.84. The number of carboxylic acid groups (broad SMARTS) is 1. The normalized spacial score (nSPS) is 21.6. The first kappa shape index (κ1) is 9.59. The summed E-state index contributed by atoms with van der Waals surface area (Å²) >= 11 is 0. The van der Waals surface area contributed by atoms with Gasteiger partial charge in [-0.25, -0.2) is 0 Å². The minimum atomic E-state index is -0.892. The second kappa shape index (κ2) is 3.94. The molecule has 0 saturated carbocycles. The molecule has 1 fully saturated rings. The van der Waals surface area contributed by atoms with E-state index in [9.17, 15) is 9.59 Å². The molecule has 0 aromatic heterocycles. The maximum absolute atomic E-state index is 11.2. The Labute approximate surface area is 76.5 Å². The van der Waals surface area contributed by atoms with Crippen molar-refractivity contribution in [3.63, 3.8) is 0 Å². The molecule has 0 aromatic rings. The molecule has 1 unspecified atom stereocenters. The number of hydrogen-bond acceptors (Lipinski definition) is 2. The van der Waals surface area contributed by atoms with Crippen LogP contribution < -0.4 is 0 Å². The van der Waals surface area contributed by atoms with Crippen LogP contribution in [0, 0.1) is 18.3 Å². The number of nitrogens with zero attached hydrogens (tertiary/aromatic N) is 1. The fourth-order valence-electron chi connectivity index (χ4n) is 1.33. The van der Waals surface area contributed by atoms with Gasteiger partial charge in [0, 0.05) is 25.4 Å². The number of amides is 1. The van der Waals surface area contributed by atoms with Crippen LogP contribution in [0.15, 0.2) is 0 Å². The monoisotopic (exact) mass is 181 g/mol. The van der Waals surface area contributed by atoms with Crippen LogP contribution in [0.25, 0.3) is 0 Å². The fraction of sp³-hybridized carbons (Fsp3) is 0.556. The van der Waals surface area contributed by atoms with E-state index in [0.717, 1.165) is 0 Å². The summed E-state index contributed by atoms with van der Waals surface area (Å²) in [5, 5.41) is 8.40. The average Bonchev–Trinajstić information content (AvgIpc) is 2.43. The second-order valence-corrected chi connectivity index (χ2v) is 3.05. The van der Waals surface area contributed by atoms with Crippen molar-refractivity contribution in [1.82, 2.24) is 4.90 Å². The number of terminal acetylenes is 1. The highest BCUT2D eigenvalue weighted by Crippen LogP contribution is 2.16. The lowest BCUT2D eigenvalue weighted by molar-refractivity contribution is -0.137. The predicted molar refractivity (Wildman–Crippen MR) is 45.8 cm³/mol. The molecule has 4 nitrogen and oxygen atoms in total. The molecule has 1 aliphatic rings. The Hall–Kier alpha value is -1.50. The average molecular weight is 181 g/mol. The summed E-state index contributed by atoms with van der Waals surface area (Å²) in [6.45, 7) is 0.773. The van der Waals surface area contributed by atoms with Crippen LogP contribution in [0.2, 0.25) is 0 Å². The molecule has 0 aliphatic carbocycles. The van der Waals surface area contributed by atoms with Crippen LogP contribution >= 0.6 is 0 Å². The molecule has 1 aliphatic heterocycles. The third-order valence-corrected chi connectivity index (χ3v) is 2.05. The standard InChI is InChI=1S/C9H11NO3/c1-2-7-5-8(11)10(6-7)4-3-9(12)13/h1,7H,3-6H2,(H,12,13). The summed E-state index contributed by atoms with van der Waals surface area (Å²) in [6, 6.07) is 0. The number of carbonyl (C=O) groups excluding carboxylic acids is 1. The molecule has 0 radical (unpaired) electrons. The second-order valence-electron chi connectivity index (χ2n) is 3.05. The van der Waals surface area contributed by atoms with E-state index in [0.29, 0.717) is 13.0 Å². The van der Waals surface area contributed by atoms with Crippen molar-refractivity contribution in [1.29, 1.82) is 0 Å². The summed E-state index contributed by atoms with van der Waals surface area (Å²) in [5.74, 6) is 1.53. The molecule has 0 bridgehead atoms. The molecular formula is C9H11NO3. The molecular weight excluding hydrogens is 170 g/mol. The number of rotatable bonds is 3. The fourth-order valence-corrected chi connectivity index (χ4v) is 1.33. The number of likely N-dealkylation sites (tertiary alicyclic amines) is 1. The Morgan fingerprint density at radius 3 is 2.92 bits per heavy atom. The molecule has 4 heteroatoms. The van der Waals surface area contributed by atoms with Gasteiger partial charge in [0.05, 0.1) is 6.42 Å². The van der Waals surface area contributed by atoms with Gasteiger partial charge in [0.15, 0.2) is 0 Å². The van der Waals surface area contributed by atoms with Crippen molar-refractivity contribution in [2.45, 2.75) is 12.8 Å². The van der Waals surface area contributed by atoms with E-state index in [-0.39, 0.29) is 24.8 Å². The van der Waals surface area contributed by atoms with Gasteiger partial charge in [0.25, 0.3) is 0 Å². The van der Waals surface area contributed by atoms with E-state index < -0.39 is 5.97 Å². The first-order valence-corrected chi connectivity index (χ1v) is 4.09. The van der Waals surface area contributed by atoms with E-state index in [4.69, 9.17) is 11.5 Å². The highest BCUT2D eigenvalue weighted by Gasteiger charge is 2.27.